The Morgan fingerprint density at radius 1 is 1.11 bits per heavy atom. The van der Waals surface area contributed by atoms with E-state index in [1.54, 1.807) is 36.7 Å². The monoisotopic (exact) mass is 508 g/mol. The second kappa shape index (κ2) is 11.3. The summed E-state index contributed by atoms with van der Waals surface area (Å²) < 4.78 is 15.5. The number of pyridine rings is 1. The molecule has 4 rings (SSSR count). The number of nitrogens with one attached hydrogen (secondary N) is 1. The number of para-hydroxylation sites is 1. The van der Waals surface area contributed by atoms with E-state index in [1.165, 1.54) is 27.8 Å². The van der Waals surface area contributed by atoms with Crippen LogP contribution in [0.5, 0.6) is 0 Å². The van der Waals surface area contributed by atoms with E-state index in [1.807, 2.05) is 12.1 Å². The van der Waals surface area contributed by atoms with Crippen LogP contribution < -0.4 is 10.2 Å². The third-order valence-corrected chi connectivity index (χ3v) is 5.99. The number of amides is 2. The molecule has 0 saturated heterocycles. The van der Waals surface area contributed by atoms with Gasteiger partial charge in [-0.15, -0.1) is 5.10 Å². The fourth-order valence-electron chi connectivity index (χ4n) is 3.85. The number of halogens is 2. The summed E-state index contributed by atoms with van der Waals surface area (Å²) in [6, 6.07) is 13.5. The zero-order valence-electron chi connectivity index (χ0n) is 19.9. The number of carbonyl (C=O) groups excluding carboxylic acids is 2. The highest BCUT2D eigenvalue weighted by atomic mass is 35.5. The number of carbonyl (C=O) groups is 2. The first-order valence-corrected chi connectivity index (χ1v) is 12.0. The number of anilines is 1. The molecule has 0 saturated carbocycles. The molecular formula is C26H26ClFN6O2. The SMILES string of the molecule is CC(C)CCNC(=O)[C@H](c1ccncc1)N(C(=O)Cn1nnc2ccccc21)c1ccc(F)c(Cl)c1. The fourth-order valence-corrected chi connectivity index (χ4v) is 4.03. The maximum Gasteiger partial charge on any atom is 0.249 e. The molecule has 2 aromatic carbocycles. The van der Waals surface area contributed by atoms with Crippen molar-refractivity contribution in [1.29, 1.82) is 0 Å². The zero-order chi connectivity index (χ0) is 25.7. The van der Waals surface area contributed by atoms with Gasteiger partial charge in [-0.25, -0.2) is 9.07 Å². The van der Waals surface area contributed by atoms with Gasteiger partial charge in [-0.05, 0) is 60.4 Å². The van der Waals surface area contributed by atoms with Gasteiger partial charge in [0.15, 0.2) is 0 Å². The fraction of sp³-hybridized carbons (Fsp3) is 0.269. The maximum absolute atomic E-state index is 14.0. The largest absolute Gasteiger partial charge is 0.354 e. The minimum atomic E-state index is -1.05. The highest BCUT2D eigenvalue weighted by Gasteiger charge is 2.33. The highest BCUT2D eigenvalue weighted by molar-refractivity contribution is 6.31. The van der Waals surface area contributed by atoms with Gasteiger partial charge >= 0.3 is 0 Å². The molecule has 36 heavy (non-hydrogen) atoms. The molecule has 0 aliphatic heterocycles. The van der Waals surface area contributed by atoms with Crippen LogP contribution in [0.25, 0.3) is 11.0 Å². The van der Waals surface area contributed by atoms with E-state index < -0.39 is 17.8 Å². The average molecular weight is 509 g/mol. The minimum absolute atomic E-state index is 0.162. The van der Waals surface area contributed by atoms with Gasteiger partial charge in [0, 0.05) is 24.6 Å². The molecule has 0 aliphatic rings. The van der Waals surface area contributed by atoms with Gasteiger partial charge in [-0.1, -0.05) is 42.8 Å². The van der Waals surface area contributed by atoms with Gasteiger partial charge in [-0.3, -0.25) is 19.5 Å². The van der Waals surface area contributed by atoms with Crippen LogP contribution in [-0.2, 0) is 16.1 Å². The lowest BCUT2D eigenvalue weighted by atomic mass is 10.0. The van der Waals surface area contributed by atoms with E-state index in [-0.39, 0.29) is 23.2 Å². The molecular weight excluding hydrogens is 483 g/mol. The molecule has 186 valence electrons. The van der Waals surface area contributed by atoms with E-state index in [0.717, 1.165) is 6.42 Å². The molecule has 10 heteroatoms. The summed E-state index contributed by atoms with van der Waals surface area (Å²) in [5.41, 5.74) is 2.13. The van der Waals surface area contributed by atoms with E-state index >= 15 is 0 Å². The van der Waals surface area contributed by atoms with Crippen LogP contribution in [0.4, 0.5) is 10.1 Å². The Hall–Kier alpha value is -3.85. The van der Waals surface area contributed by atoms with Gasteiger partial charge in [0.2, 0.25) is 11.8 Å². The minimum Gasteiger partial charge on any atom is -0.354 e. The van der Waals surface area contributed by atoms with E-state index in [0.29, 0.717) is 29.1 Å². The quantitative estimate of drug-likeness (QED) is 0.358. The van der Waals surface area contributed by atoms with Gasteiger partial charge in [-0.2, -0.15) is 0 Å². The van der Waals surface area contributed by atoms with E-state index in [2.05, 4.69) is 34.5 Å². The molecule has 0 spiro atoms. The third kappa shape index (κ3) is 5.68. The zero-order valence-corrected chi connectivity index (χ0v) is 20.7. The molecule has 4 aromatic rings. The molecule has 1 atom stereocenters. The topological polar surface area (TPSA) is 93.0 Å². The van der Waals surface area contributed by atoms with Crippen molar-refractivity contribution < 1.29 is 14.0 Å². The number of aromatic nitrogens is 4. The van der Waals surface area contributed by atoms with Crippen molar-refractivity contribution in [2.75, 3.05) is 11.4 Å². The summed E-state index contributed by atoms with van der Waals surface area (Å²) >= 11 is 6.08. The molecule has 0 radical (unpaired) electrons. The predicted octanol–water partition coefficient (Wildman–Crippen LogP) is 4.56. The molecule has 2 aromatic heterocycles. The van der Waals surface area contributed by atoms with Crippen LogP contribution in [0.1, 0.15) is 31.9 Å². The van der Waals surface area contributed by atoms with Crippen molar-refractivity contribution in [1.82, 2.24) is 25.3 Å². The smallest absolute Gasteiger partial charge is 0.249 e. The summed E-state index contributed by atoms with van der Waals surface area (Å²) in [6.45, 7) is 4.37. The van der Waals surface area contributed by atoms with Gasteiger partial charge in [0.1, 0.15) is 23.9 Å². The van der Waals surface area contributed by atoms with Crippen LogP contribution in [0.3, 0.4) is 0 Å². The standard InChI is InChI=1S/C26H26ClFN6O2/c1-17(2)9-14-30-26(36)25(18-10-12-29-13-11-18)34(19-7-8-21(28)20(27)15-19)24(35)16-33-23-6-4-3-5-22(23)31-32-33/h3-8,10-13,15,17,25H,9,14,16H2,1-2H3,(H,30,36)/t25-/m0/s1. The molecule has 0 bridgehead atoms. The van der Waals surface area contributed by atoms with Crippen molar-refractivity contribution in [3.8, 4) is 0 Å². The lowest BCUT2D eigenvalue weighted by Crippen LogP contribution is -2.45. The molecule has 0 aliphatic carbocycles. The first-order chi connectivity index (χ1) is 17.3. The summed E-state index contributed by atoms with van der Waals surface area (Å²) in [5, 5.41) is 11.0. The Morgan fingerprint density at radius 3 is 2.58 bits per heavy atom. The number of hydrogen-bond acceptors (Lipinski definition) is 5. The van der Waals surface area contributed by atoms with E-state index in [9.17, 15) is 14.0 Å². The predicted molar refractivity (Wildman–Crippen MR) is 136 cm³/mol. The van der Waals surface area contributed by atoms with Crippen molar-refractivity contribution in [3.63, 3.8) is 0 Å². The lowest BCUT2D eigenvalue weighted by Gasteiger charge is -2.31. The lowest BCUT2D eigenvalue weighted by molar-refractivity contribution is -0.127. The summed E-state index contributed by atoms with van der Waals surface area (Å²) in [4.78, 5) is 32.8. The summed E-state index contributed by atoms with van der Waals surface area (Å²) in [7, 11) is 0. The average Bonchev–Trinajstić information content (AvgIpc) is 3.27. The summed E-state index contributed by atoms with van der Waals surface area (Å²) in [5.74, 6) is -1.07. The molecule has 2 heterocycles. The molecule has 8 nitrogen and oxygen atoms in total. The van der Waals surface area contributed by atoms with Crippen molar-refractivity contribution in [3.05, 3.63) is 83.4 Å². The second-order valence-corrected chi connectivity index (χ2v) is 9.16. The van der Waals surface area contributed by atoms with Crippen LogP contribution in [0, 0.1) is 11.7 Å². The second-order valence-electron chi connectivity index (χ2n) is 8.75. The number of hydrogen-bond donors (Lipinski definition) is 1. The van der Waals surface area contributed by atoms with E-state index in [4.69, 9.17) is 11.6 Å². The van der Waals surface area contributed by atoms with Crippen LogP contribution in [0.15, 0.2) is 67.0 Å². The molecule has 0 unspecified atom stereocenters. The normalized spacial score (nSPS) is 12.0. The highest BCUT2D eigenvalue weighted by Crippen LogP contribution is 2.31. The Kier molecular flexibility index (Phi) is 7.90. The first kappa shape index (κ1) is 25.2. The van der Waals surface area contributed by atoms with Crippen molar-refractivity contribution >= 4 is 40.1 Å². The number of nitrogens with zero attached hydrogens (tertiary/aromatic N) is 5. The third-order valence-electron chi connectivity index (χ3n) is 5.70. The molecule has 2 amide bonds. The van der Waals surface area contributed by atoms with Crippen LogP contribution in [0.2, 0.25) is 5.02 Å². The number of rotatable bonds is 9. The Labute approximate surface area is 213 Å². The van der Waals surface area contributed by atoms with Crippen molar-refractivity contribution in [2.24, 2.45) is 5.92 Å². The number of benzene rings is 2. The Balaban J connectivity index is 1.77. The molecule has 0 fully saturated rings. The van der Waals surface area contributed by atoms with Gasteiger partial charge in [0.05, 0.1) is 10.5 Å². The molecule has 1 N–H and O–H groups in total. The van der Waals surface area contributed by atoms with Crippen molar-refractivity contribution in [2.45, 2.75) is 32.9 Å². The number of fused-ring (bicyclic) bond motifs is 1. The first-order valence-electron chi connectivity index (χ1n) is 11.6. The van der Waals surface area contributed by atoms with Gasteiger partial charge in [0.25, 0.3) is 0 Å². The summed E-state index contributed by atoms with van der Waals surface area (Å²) in [6.07, 6.45) is 3.87. The van der Waals surface area contributed by atoms with Crippen LogP contribution >= 0.6 is 11.6 Å². The van der Waals surface area contributed by atoms with Crippen LogP contribution in [-0.4, -0.2) is 38.3 Å². The Bertz CT molecular complexity index is 1360. The maximum atomic E-state index is 14.0. The van der Waals surface area contributed by atoms with Gasteiger partial charge < -0.3 is 5.32 Å². The Morgan fingerprint density at radius 2 is 1.86 bits per heavy atom.